The topological polar surface area (TPSA) is 14.8 Å². The van der Waals surface area contributed by atoms with Crippen molar-refractivity contribution in [2.45, 2.75) is 26.2 Å². The third-order valence-corrected chi connectivity index (χ3v) is 11.6. The molecule has 3 aromatic heterocycles. The molecule has 262 valence electrons. The Morgan fingerprint density at radius 1 is 0.345 bits per heavy atom. The number of aromatic nitrogens is 3. The second-order valence-electron chi connectivity index (χ2n) is 15.8. The van der Waals surface area contributed by atoms with E-state index in [1.807, 2.05) is 0 Å². The van der Waals surface area contributed by atoms with Gasteiger partial charge in [0.1, 0.15) is 0 Å². The van der Waals surface area contributed by atoms with Crippen LogP contribution in [-0.2, 0) is 5.41 Å². The van der Waals surface area contributed by atoms with E-state index < -0.39 is 0 Å². The third kappa shape index (κ3) is 4.63. The smallest absolute Gasteiger partial charge is 0.0549 e. The Kier molecular flexibility index (Phi) is 6.81. The molecule has 0 aliphatic heterocycles. The molecule has 0 bridgehead atoms. The third-order valence-electron chi connectivity index (χ3n) is 11.6. The number of benzene rings is 8. The summed E-state index contributed by atoms with van der Waals surface area (Å²) >= 11 is 0. The van der Waals surface area contributed by atoms with Crippen LogP contribution in [0.25, 0.3) is 93.6 Å². The molecule has 0 amide bonds. The molecule has 0 radical (unpaired) electrons. The van der Waals surface area contributed by atoms with Crippen molar-refractivity contribution in [1.29, 1.82) is 0 Å². The normalized spacial score (nSPS) is 12.3. The highest BCUT2D eigenvalue weighted by molar-refractivity contribution is 6.29. The number of para-hydroxylation sites is 5. The molecule has 3 heterocycles. The highest BCUT2D eigenvalue weighted by Crippen LogP contribution is 2.46. The molecule has 3 heteroatoms. The lowest BCUT2D eigenvalue weighted by molar-refractivity contribution is 0.596. The van der Waals surface area contributed by atoms with Gasteiger partial charge in [-0.15, -0.1) is 0 Å². The van der Waals surface area contributed by atoms with E-state index >= 15 is 0 Å². The van der Waals surface area contributed by atoms with E-state index in [0.717, 1.165) is 0 Å². The summed E-state index contributed by atoms with van der Waals surface area (Å²) in [5, 5.41) is 7.69. The largest absolute Gasteiger partial charge is 0.309 e. The van der Waals surface area contributed by atoms with Crippen molar-refractivity contribution in [2.24, 2.45) is 0 Å². The summed E-state index contributed by atoms with van der Waals surface area (Å²) in [6, 6.07) is 66.7. The predicted octanol–water partition coefficient (Wildman–Crippen LogP) is 13.9. The Bertz CT molecular complexity index is 3280. The molecular formula is C52H39N3. The average Bonchev–Trinajstić information content (AvgIpc) is 3.86. The SMILES string of the molecule is CC(C)(C)c1cccc2c1c1c3c4ccccc4n(-c4ccccc4-c4ccc5c(c4)c4ccccc4n5-c4ccccc4)c3ccc1n2-c1ccccc1. The second-order valence-corrected chi connectivity index (χ2v) is 15.8. The van der Waals surface area contributed by atoms with E-state index in [0.29, 0.717) is 0 Å². The molecule has 3 nitrogen and oxygen atoms in total. The van der Waals surface area contributed by atoms with Gasteiger partial charge in [0, 0.05) is 49.3 Å². The van der Waals surface area contributed by atoms with Crippen molar-refractivity contribution in [3.63, 3.8) is 0 Å². The highest BCUT2D eigenvalue weighted by Gasteiger charge is 2.26. The molecule has 0 fully saturated rings. The molecule has 0 atom stereocenters. The standard InChI is InChI=1S/C52H39N3/c1-52(2,3)41-24-16-28-46-50(41)51-48(54(46)36-19-8-5-9-20-36)32-31-47-49(51)39-23-12-15-27-44(39)55(47)42-25-13-10-21-37(42)34-29-30-45-40(33-34)38-22-11-14-26-43(38)53(45)35-17-6-4-7-18-35/h4-33H,1-3H3. The molecule has 0 unspecified atom stereocenters. The maximum absolute atomic E-state index is 2.50. The molecular weight excluding hydrogens is 667 g/mol. The average molecular weight is 706 g/mol. The van der Waals surface area contributed by atoms with E-state index in [1.54, 1.807) is 0 Å². The van der Waals surface area contributed by atoms with Crippen LogP contribution < -0.4 is 0 Å². The van der Waals surface area contributed by atoms with Gasteiger partial charge in [0.25, 0.3) is 0 Å². The molecule has 0 saturated carbocycles. The van der Waals surface area contributed by atoms with Gasteiger partial charge in [-0.25, -0.2) is 0 Å². The molecule has 0 aliphatic rings. The van der Waals surface area contributed by atoms with Crippen molar-refractivity contribution in [3.8, 4) is 28.2 Å². The first-order valence-corrected chi connectivity index (χ1v) is 19.2. The van der Waals surface area contributed by atoms with Crippen LogP contribution in [0.4, 0.5) is 0 Å². The minimum atomic E-state index is -0.0509. The lowest BCUT2D eigenvalue weighted by Crippen LogP contribution is -2.11. The maximum atomic E-state index is 2.50. The van der Waals surface area contributed by atoms with Crippen molar-refractivity contribution < 1.29 is 0 Å². The Balaban J connectivity index is 1.22. The summed E-state index contributed by atoms with van der Waals surface area (Å²) < 4.78 is 7.35. The Hall–Kier alpha value is -6.84. The summed E-state index contributed by atoms with van der Waals surface area (Å²) in [6.45, 7) is 7.00. The Morgan fingerprint density at radius 3 is 1.56 bits per heavy atom. The predicted molar refractivity (Wildman–Crippen MR) is 234 cm³/mol. The van der Waals surface area contributed by atoms with Gasteiger partial charge < -0.3 is 13.7 Å². The fourth-order valence-corrected chi connectivity index (χ4v) is 9.26. The maximum Gasteiger partial charge on any atom is 0.0549 e. The molecule has 0 N–H and O–H groups in total. The fourth-order valence-electron chi connectivity index (χ4n) is 9.26. The van der Waals surface area contributed by atoms with E-state index in [2.05, 4.69) is 216 Å². The first kappa shape index (κ1) is 31.7. The first-order valence-electron chi connectivity index (χ1n) is 19.2. The minimum absolute atomic E-state index is 0.0509. The van der Waals surface area contributed by atoms with Crippen molar-refractivity contribution in [1.82, 2.24) is 13.7 Å². The fraction of sp³-hybridized carbons (Fsp3) is 0.0769. The number of hydrogen-bond donors (Lipinski definition) is 0. The van der Waals surface area contributed by atoms with E-state index in [-0.39, 0.29) is 5.41 Å². The van der Waals surface area contributed by atoms with Gasteiger partial charge in [0.2, 0.25) is 0 Å². The zero-order valence-corrected chi connectivity index (χ0v) is 31.2. The van der Waals surface area contributed by atoms with Crippen LogP contribution in [0.3, 0.4) is 0 Å². The molecule has 0 spiro atoms. The summed E-state index contributed by atoms with van der Waals surface area (Å²) in [6.07, 6.45) is 0. The minimum Gasteiger partial charge on any atom is -0.309 e. The number of hydrogen-bond acceptors (Lipinski definition) is 0. The highest BCUT2D eigenvalue weighted by atomic mass is 15.0. The van der Waals surface area contributed by atoms with Gasteiger partial charge in [-0.05, 0) is 89.3 Å². The van der Waals surface area contributed by atoms with Gasteiger partial charge in [0.15, 0.2) is 0 Å². The molecule has 8 aromatic carbocycles. The van der Waals surface area contributed by atoms with E-state index in [4.69, 9.17) is 0 Å². The lowest BCUT2D eigenvalue weighted by Gasteiger charge is -2.21. The summed E-state index contributed by atoms with van der Waals surface area (Å²) in [5.74, 6) is 0. The molecule has 11 aromatic rings. The van der Waals surface area contributed by atoms with Crippen LogP contribution >= 0.6 is 0 Å². The van der Waals surface area contributed by atoms with Gasteiger partial charge in [-0.2, -0.15) is 0 Å². The second kappa shape index (κ2) is 11.8. The molecule has 55 heavy (non-hydrogen) atoms. The van der Waals surface area contributed by atoms with E-state index in [9.17, 15) is 0 Å². The van der Waals surface area contributed by atoms with Gasteiger partial charge >= 0.3 is 0 Å². The summed E-state index contributed by atoms with van der Waals surface area (Å²) in [4.78, 5) is 0. The van der Waals surface area contributed by atoms with Crippen molar-refractivity contribution >= 4 is 65.4 Å². The van der Waals surface area contributed by atoms with Crippen LogP contribution in [0.5, 0.6) is 0 Å². The molecule has 0 saturated heterocycles. The summed E-state index contributed by atoms with van der Waals surface area (Å²) in [5.41, 5.74) is 14.5. The zero-order chi connectivity index (χ0) is 36.8. The van der Waals surface area contributed by atoms with Gasteiger partial charge in [0.05, 0.1) is 38.8 Å². The van der Waals surface area contributed by atoms with Gasteiger partial charge in [-0.3, -0.25) is 0 Å². The number of nitrogens with zero attached hydrogens (tertiary/aromatic N) is 3. The Morgan fingerprint density at radius 2 is 0.855 bits per heavy atom. The van der Waals surface area contributed by atoms with E-state index in [1.165, 1.54) is 99.2 Å². The molecule has 0 aliphatic carbocycles. The van der Waals surface area contributed by atoms with Crippen LogP contribution in [0, 0.1) is 0 Å². The lowest BCUT2D eigenvalue weighted by atomic mass is 9.84. The van der Waals surface area contributed by atoms with Gasteiger partial charge in [-0.1, -0.05) is 130 Å². The number of rotatable bonds is 4. The van der Waals surface area contributed by atoms with Crippen LogP contribution in [0.2, 0.25) is 0 Å². The van der Waals surface area contributed by atoms with Crippen LogP contribution in [0.15, 0.2) is 182 Å². The monoisotopic (exact) mass is 705 g/mol. The Labute approximate surface area is 319 Å². The van der Waals surface area contributed by atoms with Crippen molar-refractivity contribution in [2.75, 3.05) is 0 Å². The summed E-state index contributed by atoms with van der Waals surface area (Å²) in [7, 11) is 0. The quantitative estimate of drug-likeness (QED) is 0.173. The number of fused-ring (bicyclic) bond motifs is 10. The van der Waals surface area contributed by atoms with Crippen molar-refractivity contribution in [3.05, 3.63) is 188 Å². The zero-order valence-electron chi connectivity index (χ0n) is 31.2. The van der Waals surface area contributed by atoms with Crippen LogP contribution in [0.1, 0.15) is 26.3 Å². The molecule has 11 rings (SSSR count). The van der Waals surface area contributed by atoms with Crippen LogP contribution in [-0.4, -0.2) is 13.7 Å². The first-order chi connectivity index (χ1) is 27.0.